The van der Waals surface area contributed by atoms with Gasteiger partial charge in [0.25, 0.3) is 0 Å². The molecule has 1 aliphatic carbocycles. The standard InChI is InChI=1S/C20H22FN3O2S/c21-14-6-2-1-5-13(14)17-16(24-18(27-17)12-7-8-12)15(25)11-20(19(22)26)9-3-4-10-23-20/h1-2,5-6,12,23H,3-4,7-11H2,(H2,22,26). The molecule has 2 heterocycles. The van der Waals surface area contributed by atoms with Gasteiger partial charge in [-0.2, -0.15) is 0 Å². The van der Waals surface area contributed by atoms with Crippen LogP contribution in [-0.4, -0.2) is 28.8 Å². The number of primary amides is 1. The Labute approximate surface area is 161 Å². The topological polar surface area (TPSA) is 85.1 Å². The predicted octanol–water partition coefficient (Wildman–Crippen LogP) is 3.40. The Hall–Kier alpha value is -2.12. The van der Waals surface area contributed by atoms with Crippen LogP contribution in [0, 0.1) is 5.82 Å². The van der Waals surface area contributed by atoms with E-state index in [-0.39, 0.29) is 23.7 Å². The molecular weight excluding hydrogens is 365 g/mol. The monoisotopic (exact) mass is 387 g/mol. The Bertz CT molecular complexity index is 885. The first-order valence-corrected chi connectivity index (χ1v) is 10.2. The summed E-state index contributed by atoms with van der Waals surface area (Å²) in [6.45, 7) is 0.654. The summed E-state index contributed by atoms with van der Waals surface area (Å²) < 4.78 is 14.4. The maximum Gasteiger partial charge on any atom is 0.238 e. The number of Topliss-reactive ketones (excluding diaryl/α,β-unsaturated/α-hetero) is 1. The lowest BCUT2D eigenvalue weighted by Crippen LogP contribution is -2.58. The molecular formula is C20H22FN3O2S. The molecule has 0 bridgehead atoms. The normalized spacial score (nSPS) is 22.6. The average Bonchev–Trinajstić information content (AvgIpc) is 3.41. The molecule has 1 aliphatic heterocycles. The number of carbonyl (C=O) groups is 2. The minimum absolute atomic E-state index is 0.0440. The smallest absolute Gasteiger partial charge is 0.238 e. The van der Waals surface area contributed by atoms with Gasteiger partial charge in [-0.1, -0.05) is 18.2 Å². The van der Waals surface area contributed by atoms with E-state index in [0.717, 1.165) is 30.7 Å². The van der Waals surface area contributed by atoms with Gasteiger partial charge >= 0.3 is 0 Å². The number of nitrogens with one attached hydrogen (secondary N) is 1. The second-order valence-electron chi connectivity index (χ2n) is 7.41. The molecule has 1 unspecified atom stereocenters. The molecule has 2 aliphatic rings. The molecule has 5 nitrogen and oxygen atoms in total. The fraction of sp³-hybridized carbons (Fsp3) is 0.450. The Morgan fingerprint density at radius 3 is 2.70 bits per heavy atom. The van der Waals surface area contributed by atoms with E-state index in [1.165, 1.54) is 17.4 Å². The quantitative estimate of drug-likeness (QED) is 0.744. The van der Waals surface area contributed by atoms with Crippen LogP contribution in [0.15, 0.2) is 24.3 Å². The van der Waals surface area contributed by atoms with Crippen LogP contribution >= 0.6 is 11.3 Å². The Kier molecular flexibility index (Phi) is 4.82. The number of hydrogen-bond donors (Lipinski definition) is 2. The van der Waals surface area contributed by atoms with E-state index in [2.05, 4.69) is 10.3 Å². The van der Waals surface area contributed by atoms with E-state index in [4.69, 9.17) is 5.73 Å². The second kappa shape index (κ2) is 7.13. The van der Waals surface area contributed by atoms with Crippen LogP contribution in [0.3, 0.4) is 0 Å². The number of rotatable bonds is 6. The molecule has 142 valence electrons. The molecule has 0 radical (unpaired) electrons. The first kappa shape index (κ1) is 18.3. The Morgan fingerprint density at radius 1 is 1.30 bits per heavy atom. The maximum absolute atomic E-state index is 14.4. The zero-order chi connectivity index (χ0) is 19.0. The van der Waals surface area contributed by atoms with Gasteiger partial charge in [-0.3, -0.25) is 9.59 Å². The summed E-state index contributed by atoms with van der Waals surface area (Å²) in [5, 5.41) is 4.03. The second-order valence-corrected chi connectivity index (χ2v) is 8.44. The zero-order valence-electron chi connectivity index (χ0n) is 15.0. The van der Waals surface area contributed by atoms with Crippen LogP contribution in [-0.2, 0) is 4.79 Å². The summed E-state index contributed by atoms with van der Waals surface area (Å²) in [6.07, 6.45) is 4.37. The van der Waals surface area contributed by atoms with Crippen LogP contribution < -0.4 is 11.1 Å². The molecule has 1 atom stereocenters. The van der Waals surface area contributed by atoms with E-state index in [0.29, 0.717) is 29.3 Å². The number of halogens is 1. The Balaban J connectivity index is 1.71. The molecule has 1 aromatic heterocycles. The largest absolute Gasteiger partial charge is 0.368 e. The number of benzene rings is 1. The van der Waals surface area contributed by atoms with Gasteiger partial charge in [-0.25, -0.2) is 9.37 Å². The highest BCUT2D eigenvalue weighted by Crippen LogP contribution is 2.45. The first-order valence-electron chi connectivity index (χ1n) is 9.34. The van der Waals surface area contributed by atoms with Gasteiger partial charge in [0.1, 0.15) is 17.1 Å². The summed E-state index contributed by atoms with van der Waals surface area (Å²) in [4.78, 5) is 30.4. The predicted molar refractivity (Wildman–Crippen MR) is 102 cm³/mol. The van der Waals surface area contributed by atoms with Crippen LogP contribution in [0.5, 0.6) is 0 Å². The van der Waals surface area contributed by atoms with Gasteiger partial charge in [0.15, 0.2) is 5.78 Å². The highest BCUT2D eigenvalue weighted by atomic mass is 32.1. The van der Waals surface area contributed by atoms with Crippen molar-refractivity contribution in [2.24, 2.45) is 5.73 Å². The third-order valence-electron chi connectivity index (χ3n) is 5.38. The van der Waals surface area contributed by atoms with Gasteiger partial charge in [-0.15, -0.1) is 11.3 Å². The van der Waals surface area contributed by atoms with E-state index < -0.39 is 11.4 Å². The summed E-state index contributed by atoms with van der Waals surface area (Å²) in [5.41, 5.74) is 5.25. The number of carbonyl (C=O) groups excluding carboxylic acids is 2. The lowest BCUT2D eigenvalue weighted by Gasteiger charge is -2.34. The molecule has 0 spiro atoms. The van der Waals surface area contributed by atoms with Gasteiger partial charge in [0, 0.05) is 17.9 Å². The van der Waals surface area contributed by atoms with E-state index in [1.807, 2.05) is 0 Å². The molecule has 1 amide bonds. The molecule has 7 heteroatoms. The van der Waals surface area contributed by atoms with E-state index in [1.54, 1.807) is 18.2 Å². The van der Waals surface area contributed by atoms with Gasteiger partial charge in [0.05, 0.1) is 9.88 Å². The van der Waals surface area contributed by atoms with Gasteiger partial charge in [-0.05, 0) is 44.7 Å². The molecule has 1 saturated heterocycles. The van der Waals surface area contributed by atoms with Crippen molar-refractivity contribution in [3.63, 3.8) is 0 Å². The highest BCUT2D eigenvalue weighted by Gasteiger charge is 2.41. The third-order valence-corrected chi connectivity index (χ3v) is 6.63. The minimum Gasteiger partial charge on any atom is -0.368 e. The van der Waals surface area contributed by atoms with Crippen LogP contribution in [0.2, 0.25) is 0 Å². The molecule has 3 N–H and O–H groups in total. The van der Waals surface area contributed by atoms with E-state index in [9.17, 15) is 14.0 Å². The number of thiazole rings is 1. The number of ketones is 1. The van der Waals surface area contributed by atoms with E-state index >= 15 is 0 Å². The lowest BCUT2D eigenvalue weighted by molar-refractivity contribution is -0.125. The summed E-state index contributed by atoms with van der Waals surface area (Å²) in [6, 6.07) is 6.42. The summed E-state index contributed by atoms with van der Waals surface area (Å²) in [5.74, 6) is -0.789. The fourth-order valence-electron chi connectivity index (χ4n) is 3.63. The molecule has 1 aromatic carbocycles. The van der Waals surface area contributed by atoms with Gasteiger partial charge in [0.2, 0.25) is 5.91 Å². The first-order chi connectivity index (χ1) is 13.0. The van der Waals surface area contributed by atoms with Crippen LogP contribution in [0.1, 0.15) is 59.9 Å². The average molecular weight is 387 g/mol. The molecule has 2 fully saturated rings. The van der Waals surface area contributed by atoms with Gasteiger partial charge < -0.3 is 11.1 Å². The van der Waals surface area contributed by atoms with Crippen molar-refractivity contribution in [3.8, 4) is 10.4 Å². The van der Waals surface area contributed by atoms with Crippen LogP contribution in [0.4, 0.5) is 4.39 Å². The number of nitrogens with two attached hydrogens (primary N) is 1. The highest BCUT2D eigenvalue weighted by molar-refractivity contribution is 7.15. The van der Waals surface area contributed by atoms with Crippen molar-refractivity contribution in [1.29, 1.82) is 0 Å². The minimum atomic E-state index is -1.04. The van der Waals surface area contributed by atoms with Crippen molar-refractivity contribution in [1.82, 2.24) is 10.3 Å². The van der Waals surface area contributed by atoms with Crippen molar-refractivity contribution in [3.05, 3.63) is 40.8 Å². The lowest BCUT2D eigenvalue weighted by atomic mass is 9.83. The molecule has 1 saturated carbocycles. The SMILES string of the molecule is NC(=O)C1(CC(=O)c2nc(C3CC3)sc2-c2ccccc2F)CCCCN1. The number of nitrogens with zero attached hydrogens (tertiary/aromatic N) is 1. The Morgan fingerprint density at radius 2 is 2.07 bits per heavy atom. The third kappa shape index (κ3) is 3.53. The number of piperidine rings is 1. The van der Waals surface area contributed by atoms with Crippen molar-refractivity contribution < 1.29 is 14.0 Å². The van der Waals surface area contributed by atoms with Crippen molar-refractivity contribution in [2.45, 2.75) is 50.0 Å². The summed E-state index contributed by atoms with van der Waals surface area (Å²) >= 11 is 1.39. The van der Waals surface area contributed by atoms with Crippen LogP contribution in [0.25, 0.3) is 10.4 Å². The fourth-order valence-corrected chi connectivity index (χ4v) is 4.91. The zero-order valence-corrected chi connectivity index (χ0v) is 15.8. The number of amides is 1. The molecule has 2 aromatic rings. The summed E-state index contributed by atoms with van der Waals surface area (Å²) in [7, 11) is 0. The maximum atomic E-state index is 14.4. The molecule has 4 rings (SSSR count). The molecule has 27 heavy (non-hydrogen) atoms. The number of aromatic nitrogens is 1. The van der Waals surface area contributed by atoms with Crippen molar-refractivity contribution in [2.75, 3.05) is 6.54 Å². The van der Waals surface area contributed by atoms with Crippen molar-refractivity contribution >= 4 is 23.0 Å². The number of hydrogen-bond acceptors (Lipinski definition) is 5.